The maximum atomic E-state index is 5.31. The first-order valence-electron chi connectivity index (χ1n) is 2.73. The molecule has 0 aromatic rings. The van der Waals surface area contributed by atoms with Gasteiger partial charge in [0.1, 0.15) is 10.5 Å². The zero-order valence-electron chi connectivity index (χ0n) is 5.33. The third-order valence-electron chi connectivity index (χ3n) is 0.963. The van der Waals surface area contributed by atoms with Crippen molar-refractivity contribution >= 4 is 48.6 Å². The Labute approximate surface area is 65.5 Å². The second kappa shape index (κ2) is 4.70. The van der Waals surface area contributed by atoms with E-state index < -0.39 is 38.1 Å². The maximum Gasteiger partial charge on any atom is 0.306 e. The highest BCUT2D eigenvalue weighted by Gasteiger charge is 2.22. The summed E-state index contributed by atoms with van der Waals surface area (Å²) in [5.41, 5.74) is 0. The van der Waals surface area contributed by atoms with Crippen LogP contribution in [0.15, 0.2) is 0 Å². The van der Waals surface area contributed by atoms with Crippen molar-refractivity contribution in [2.75, 3.05) is 0 Å². The largest absolute Gasteiger partial charge is 0.449 e. The summed E-state index contributed by atoms with van der Waals surface area (Å²) in [4.78, 5) is 0. The van der Waals surface area contributed by atoms with Gasteiger partial charge in [0.2, 0.25) is 0 Å². The molecule has 0 saturated carbocycles. The van der Waals surface area contributed by atoms with Crippen LogP contribution in [0, 0.1) is 0 Å². The highest BCUT2D eigenvalue weighted by molar-refractivity contribution is 7.08. The lowest BCUT2D eigenvalue weighted by molar-refractivity contribution is 0.328. The minimum Gasteiger partial charge on any atom is -0.449 e. The van der Waals surface area contributed by atoms with Crippen molar-refractivity contribution in [3.63, 3.8) is 0 Å². The second-order valence-corrected chi connectivity index (χ2v) is 12.9. The topological polar surface area (TPSA) is 36.9 Å². The van der Waals surface area contributed by atoms with Gasteiger partial charge in [0.05, 0.1) is 0 Å². The zero-order chi connectivity index (χ0) is 6.53. The van der Waals surface area contributed by atoms with E-state index in [2.05, 4.69) is 0 Å². The van der Waals surface area contributed by atoms with E-state index in [0.717, 1.165) is 10.5 Å². The van der Waals surface area contributed by atoms with Gasteiger partial charge >= 0.3 is 8.80 Å². The van der Waals surface area contributed by atoms with Gasteiger partial charge in [0.15, 0.2) is 9.28 Å². The van der Waals surface area contributed by atoms with Crippen LogP contribution in [-0.2, 0) is 16.5 Å². The van der Waals surface area contributed by atoms with Crippen LogP contribution in [-0.4, -0.2) is 48.6 Å². The molecule has 0 aromatic heterocycles. The van der Waals surface area contributed by atoms with Crippen LogP contribution in [0.25, 0.3) is 0 Å². The van der Waals surface area contributed by atoms with Crippen LogP contribution in [0.1, 0.15) is 0 Å². The van der Waals surface area contributed by atoms with Gasteiger partial charge in [-0.3, -0.25) is 0 Å². The normalized spacial score (nSPS) is 31.3. The summed E-state index contributed by atoms with van der Waals surface area (Å²) in [5.74, 6) is 0. The molecule has 54 valence electrons. The van der Waals surface area contributed by atoms with Crippen molar-refractivity contribution in [2.24, 2.45) is 0 Å². The van der Waals surface area contributed by atoms with E-state index in [-0.39, 0.29) is 0 Å². The molecule has 0 aliphatic carbocycles. The molecule has 0 aromatic carbocycles. The summed E-state index contributed by atoms with van der Waals surface area (Å²) in [7, 11) is -1.72. The van der Waals surface area contributed by atoms with E-state index in [4.69, 9.17) is 16.5 Å². The van der Waals surface area contributed by atoms with Crippen LogP contribution in [0.3, 0.4) is 0 Å². The Balaban J connectivity index is 1.80. The Hall–Kier alpha value is 0.924. The SMILES string of the molecule is [SiH3]O[SiH2]O[SiH2][SiH]1O[SiH2]O1. The molecule has 0 radical (unpaired) electrons. The summed E-state index contributed by atoms with van der Waals surface area (Å²) in [6.07, 6.45) is 0. The van der Waals surface area contributed by atoms with Crippen molar-refractivity contribution in [3.8, 4) is 0 Å². The van der Waals surface area contributed by atoms with Gasteiger partial charge in [-0.1, -0.05) is 0 Å². The number of hydrogen-bond donors (Lipinski definition) is 0. The van der Waals surface area contributed by atoms with Crippen LogP contribution < -0.4 is 0 Å². The standard InChI is InChI=1S/H10O4Si5/c5-1-6-2-8-9-3-7-4-9/h9H,6-8H2,5H3. The highest BCUT2D eigenvalue weighted by atomic mass is 29.2. The van der Waals surface area contributed by atoms with Crippen molar-refractivity contribution < 1.29 is 16.5 Å². The Morgan fingerprint density at radius 1 is 1.56 bits per heavy atom. The minimum absolute atomic E-state index is 0.400. The molecule has 0 spiro atoms. The molecule has 0 bridgehead atoms. The van der Waals surface area contributed by atoms with Crippen molar-refractivity contribution in [3.05, 3.63) is 0 Å². The Kier molecular flexibility index (Phi) is 4.19. The average molecular weight is 215 g/mol. The number of hydrogen-bond acceptors (Lipinski definition) is 4. The van der Waals surface area contributed by atoms with Gasteiger partial charge < -0.3 is 16.5 Å². The molecule has 1 aliphatic rings. The molecular weight excluding hydrogens is 204 g/mol. The predicted molar refractivity (Wildman–Crippen MR) is 47.1 cm³/mol. The highest BCUT2D eigenvalue weighted by Crippen LogP contribution is 1.96. The van der Waals surface area contributed by atoms with Crippen LogP contribution in [0.5, 0.6) is 0 Å². The summed E-state index contributed by atoms with van der Waals surface area (Å²) in [5, 5.41) is 0. The average Bonchev–Trinajstić information content (AvgIpc) is 1.76. The van der Waals surface area contributed by atoms with Gasteiger partial charge in [-0.05, 0) is 0 Å². The minimum atomic E-state index is -1.08. The smallest absolute Gasteiger partial charge is 0.306 e. The Morgan fingerprint density at radius 2 is 2.33 bits per heavy atom. The van der Waals surface area contributed by atoms with E-state index in [9.17, 15) is 0 Å². The van der Waals surface area contributed by atoms with Crippen LogP contribution in [0.2, 0.25) is 0 Å². The first-order valence-corrected chi connectivity index (χ1v) is 10.6. The zero-order valence-corrected chi connectivity index (χ0v) is 12.7. The maximum absolute atomic E-state index is 5.31. The lowest BCUT2D eigenvalue weighted by Gasteiger charge is -2.24. The lowest BCUT2D eigenvalue weighted by atomic mass is 15.7. The second-order valence-electron chi connectivity index (χ2n) is 1.66. The third-order valence-corrected chi connectivity index (χ3v) is 15.0. The number of rotatable bonds is 4. The molecule has 4 nitrogen and oxygen atoms in total. The quantitative estimate of drug-likeness (QED) is 0.348. The van der Waals surface area contributed by atoms with Crippen LogP contribution >= 0.6 is 0 Å². The van der Waals surface area contributed by atoms with Gasteiger partial charge in [-0.2, -0.15) is 0 Å². The molecule has 0 atom stereocenters. The van der Waals surface area contributed by atoms with Gasteiger partial charge in [0, 0.05) is 0 Å². The van der Waals surface area contributed by atoms with E-state index in [1.54, 1.807) is 0 Å². The van der Waals surface area contributed by atoms with Gasteiger partial charge in [-0.15, -0.1) is 0 Å². The summed E-state index contributed by atoms with van der Waals surface area (Å²) in [6, 6.07) is 0. The first kappa shape index (κ1) is 8.03. The predicted octanol–water partition coefficient (Wildman–Crippen LogP) is -4.85. The Morgan fingerprint density at radius 3 is 2.78 bits per heavy atom. The molecule has 0 amide bonds. The summed E-state index contributed by atoms with van der Waals surface area (Å²) in [6.45, 7) is 0. The molecule has 1 rings (SSSR count). The molecule has 1 fully saturated rings. The molecule has 0 N–H and O–H groups in total. The molecule has 1 aliphatic heterocycles. The first-order chi connectivity index (χ1) is 4.43. The van der Waals surface area contributed by atoms with Gasteiger partial charge in [0.25, 0.3) is 20.0 Å². The van der Waals surface area contributed by atoms with E-state index in [1.807, 2.05) is 0 Å². The van der Waals surface area contributed by atoms with Gasteiger partial charge in [-0.25, -0.2) is 0 Å². The van der Waals surface area contributed by atoms with Crippen molar-refractivity contribution in [1.82, 2.24) is 0 Å². The van der Waals surface area contributed by atoms with E-state index >= 15 is 0 Å². The van der Waals surface area contributed by atoms with E-state index in [1.165, 1.54) is 0 Å². The fourth-order valence-electron chi connectivity index (χ4n) is 0.488. The molecule has 9 heteroatoms. The molecule has 1 heterocycles. The molecule has 9 heavy (non-hydrogen) atoms. The van der Waals surface area contributed by atoms with Crippen molar-refractivity contribution in [1.29, 1.82) is 0 Å². The Bertz CT molecular complexity index is 71.4. The fourth-order valence-corrected chi connectivity index (χ4v) is 12.0. The third kappa shape index (κ3) is 3.01. The molecular formula is H10O4Si5. The summed E-state index contributed by atoms with van der Waals surface area (Å²) >= 11 is 0. The fraction of sp³-hybridized carbons (Fsp3) is 0. The monoisotopic (exact) mass is 214 g/mol. The summed E-state index contributed by atoms with van der Waals surface area (Å²) < 4.78 is 20.8. The van der Waals surface area contributed by atoms with Crippen LogP contribution in [0.4, 0.5) is 0 Å². The van der Waals surface area contributed by atoms with E-state index in [0.29, 0.717) is 0 Å². The lowest BCUT2D eigenvalue weighted by Crippen LogP contribution is -2.45. The van der Waals surface area contributed by atoms with Crippen molar-refractivity contribution in [2.45, 2.75) is 0 Å². The molecule has 0 unspecified atom stereocenters. The molecule has 1 saturated heterocycles.